The lowest BCUT2D eigenvalue weighted by Gasteiger charge is -2.21. The number of para-hydroxylation sites is 1. The minimum absolute atomic E-state index is 0.186. The quantitative estimate of drug-likeness (QED) is 0.893. The first-order valence-electron chi connectivity index (χ1n) is 7.20. The fourth-order valence-corrected chi connectivity index (χ4v) is 2.71. The van der Waals surface area contributed by atoms with Crippen LogP contribution in [0.2, 0.25) is 0 Å². The lowest BCUT2D eigenvalue weighted by Crippen LogP contribution is -2.35. The lowest BCUT2D eigenvalue weighted by molar-refractivity contribution is 0.0730. The number of hydrogen-bond acceptors (Lipinski definition) is 1. The highest BCUT2D eigenvalue weighted by molar-refractivity contribution is 5.98. The van der Waals surface area contributed by atoms with Crippen LogP contribution in [0.15, 0.2) is 30.3 Å². The number of H-pyrrole nitrogens is 1. The Hall–Kier alpha value is -1.77. The van der Waals surface area contributed by atoms with E-state index in [-0.39, 0.29) is 5.91 Å². The largest absolute Gasteiger partial charge is 0.351 e. The van der Waals surface area contributed by atoms with Crippen LogP contribution in [0.4, 0.5) is 0 Å². The molecule has 3 nitrogen and oxygen atoms in total. The molecule has 4 rings (SSSR count). The van der Waals surface area contributed by atoms with Gasteiger partial charge >= 0.3 is 0 Å². The van der Waals surface area contributed by atoms with Crippen LogP contribution in [0.25, 0.3) is 10.9 Å². The maximum atomic E-state index is 12.7. The summed E-state index contributed by atoms with van der Waals surface area (Å²) >= 11 is 0. The van der Waals surface area contributed by atoms with Crippen molar-refractivity contribution in [3.63, 3.8) is 0 Å². The monoisotopic (exact) mass is 254 g/mol. The first-order chi connectivity index (χ1) is 9.31. The molecule has 0 spiro atoms. The Kier molecular flexibility index (Phi) is 2.40. The van der Waals surface area contributed by atoms with Gasteiger partial charge in [0.15, 0.2) is 0 Å². The average molecular weight is 254 g/mol. The molecule has 1 aromatic heterocycles. The van der Waals surface area contributed by atoms with E-state index in [0.29, 0.717) is 6.04 Å². The van der Waals surface area contributed by atoms with Crippen molar-refractivity contribution < 1.29 is 4.79 Å². The maximum absolute atomic E-state index is 12.7. The zero-order chi connectivity index (χ0) is 12.8. The van der Waals surface area contributed by atoms with Gasteiger partial charge in [0.1, 0.15) is 5.69 Å². The van der Waals surface area contributed by atoms with Crippen molar-refractivity contribution in [1.82, 2.24) is 9.88 Å². The van der Waals surface area contributed by atoms with E-state index >= 15 is 0 Å². The topological polar surface area (TPSA) is 36.1 Å². The smallest absolute Gasteiger partial charge is 0.270 e. The van der Waals surface area contributed by atoms with E-state index in [1.807, 2.05) is 30.3 Å². The number of nitrogens with one attached hydrogen (secondary N) is 1. The van der Waals surface area contributed by atoms with Crippen LogP contribution < -0.4 is 0 Å². The van der Waals surface area contributed by atoms with Gasteiger partial charge in [-0.1, -0.05) is 18.2 Å². The van der Waals surface area contributed by atoms with Gasteiger partial charge in [-0.25, -0.2) is 0 Å². The van der Waals surface area contributed by atoms with E-state index < -0.39 is 0 Å². The van der Waals surface area contributed by atoms with Gasteiger partial charge in [-0.3, -0.25) is 4.79 Å². The third-order valence-corrected chi connectivity index (χ3v) is 4.16. The fourth-order valence-electron chi connectivity index (χ4n) is 2.71. The van der Waals surface area contributed by atoms with Crippen LogP contribution in [-0.2, 0) is 0 Å². The number of carbonyl (C=O) groups excluding carboxylic acids is 1. The summed E-state index contributed by atoms with van der Waals surface area (Å²) in [6.07, 6.45) is 4.95. The van der Waals surface area contributed by atoms with E-state index in [2.05, 4.69) is 9.88 Å². The molecule has 0 bridgehead atoms. The van der Waals surface area contributed by atoms with Crippen LogP contribution in [0.5, 0.6) is 0 Å². The summed E-state index contributed by atoms with van der Waals surface area (Å²) in [6.45, 7) is 0.957. The second kappa shape index (κ2) is 4.12. The predicted octanol–water partition coefficient (Wildman–Crippen LogP) is 3.18. The highest BCUT2D eigenvalue weighted by Gasteiger charge is 2.37. The molecular weight excluding hydrogens is 236 g/mol. The number of aromatic amines is 1. The molecule has 2 saturated carbocycles. The Morgan fingerprint density at radius 1 is 1.21 bits per heavy atom. The number of carbonyl (C=O) groups is 1. The van der Waals surface area contributed by atoms with Gasteiger partial charge in [-0.05, 0) is 43.7 Å². The molecule has 3 heteroatoms. The van der Waals surface area contributed by atoms with E-state index in [1.165, 1.54) is 25.7 Å². The normalized spacial score (nSPS) is 18.7. The molecule has 1 heterocycles. The number of hydrogen-bond donors (Lipinski definition) is 1. The number of amides is 1. The Labute approximate surface area is 112 Å². The summed E-state index contributed by atoms with van der Waals surface area (Å²) in [5, 5.41) is 1.12. The van der Waals surface area contributed by atoms with Gasteiger partial charge in [-0.15, -0.1) is 0 Å². The number of fused-ring (bicyclic) bond motifs is 1. The van der Waals surface area contributed by atoms with Crippen LogP contribution >= 0.6 is 0 Å². The minimum atomic E-state index is 0.186. The molecule has 2 aliphatic rings. The summed E-state index contributed by atoms with van der Waals surface area (Å²) in [5.74, 6) is 0.944. The third kappa shape index (κ3) is 2.14. The van der Waals surface area contributed by atoms with Crippen LogP contribution in [-0.4, -0.2) is 28.4 Å². The molecule has 2 aromatic rings. The third-order valence-electron chi connectivity index (χ3n) is 4.16. The SMILES string of the molecule is O=C(c1cc2ccccc2[nH]1)N(CC1CC1)C1CC1. The lowest BCUT2D eigenvalue weighted by atomic mass is 10.2. The van der Waals surface area contributed by atoms with E-state index in [4.69, 9.17) is 0 Å². The molecule has 0 unspecified atom stereocenters. The van der Waals surface area contributed by atoms with Gasteiger partial charge in [0.2, 0.25) is 0 Å². The van der Waals surface area contributed by atoms with Gasteiger partial charge in [0.25, 0.3) is 5.91 Å². The zero-order valence-corrected chi connectivity index (χ0v) is 10.9. The fraction of sp³-hybridized carbons (Fsp3) is 0.438. The summed E-state index contributed by atoms with van der Waals surface area (Å²) in [4.78, 5) is 18.0. The molecule has 0 saturated heterocycles. The number of nitrogens with zero attached hydrogens (tertiary/aromatic N) is 1. The summed E-state index contributed by atoms with van der Waals surface area (Å²) in [6, 6.07) is 10.6. The van der Waals surface area contributed by atoms with Crippen LogP contribution in [0, 0.1) is 5.92 Å². The van der Waals surface area contributed by atoms with Gasteiger partial charge in [0, 0.05) is 23.5 Å². The molecule has 0 radical (unpaired) electrons. The molecule has 0 atom stereocenters. The predicted molar refractivity (Wildman–Crippen MR) is 75.1 cm³/mol. The number of rotatable bonds is 4. The minimum Gasteiger partial charge on any atom is -0.351 e. The van der Waals surface area contributed by atoms with Crippen molar-refractivity contribution in [2.24, 2.45) is 5.92 Å². The molecule has 2 aliphatic carbocycles. The highest BCUT2D eigenvalue weighted by Crippen LogP contribution is 2.35. The first kappa shape index (κ1) is 11.1. The number of aromatic nitrogens is 1. The maximum Gasteiger partial charge on any atom is 0.270 e. The van der Waals surface area contributed by atoms with Crippen molar-refractivity contribution in [3.8, 4) is 0 Å². The summed E-state index contributed by atoms with van der Waals surface area (Å²) < 4.78 is 0. The highest BCUT2D eigenvalue weighted by atomic mass is 16.2. The van der Waals surface area contributed by atoms with E-state index in [9.17, 15) is 4.79 Å². The molecule has 19 heavy (non-hydrogen) atoms. The van der Waals surface area contributed by atoms with Crippen LogP contribution in [0.3, 0.4) is 0 Å². The van der Waals surface area contributed by atoms with E-state index in [0.717, 1.165) is 29.1 Å². The molecule has 98 valence electrons. The molecule has 0 aliphatic heterocycles. The Balaban J connectivity index is 1.63. The van der Waals surface area contributed by atoms with Crippen molar-refractivity contribution in [2.45, 2.75) is 31.7 Å². The summed E-state index contributed by atoms with van der Waals surface area (Å²) in [7, 11) is 0. The summed E-state index contributed by atoms with van der Waals surface area (Å²) in [5.41, 5.74) is 1.79. The van der Waals surface area contributed by atoms with Crippen molar-refractivity contribution in [3.05, 3.63) is 36.0 Å². The van der Waals surface area contributed by atoms with Crippen LogP contribution in [0.1, 0.15) is 36.2 Å². The van der Waals surface area contributed by atoms with Gasteiger partial charge in [0.05, 0.1) is 0 Å². The molecule has 1 aromatic carbocycles. The zero-order valence-electron chi connectivity index (χ0n) is 10.9. The van der Waals surface area contributed by atoms with E-state index in [1.54, 1.807) is 0 Å². The molecular formula is C16H18N2O. The first-order valence-corrected chi connectivity index (χ1v) is 7.20. The van der Waals surface area contributed by atoms with Crippen molar-refractivity contribution in [2.75, 3.05) is 6.54 Å². The van der Waals surface area contributed by atoms with Gasteiger partial charge < -0.3 is 9.88 Å². The Bertz CT molecular complexity index is 589. The second-order valence-corrected chi connectivity index (χ2v) is 5.90. The van der Waals surface area contributed by atoms with Crippen molar-refractivity contribution >= 4 is 16.8 Å². The molecule has 1 amide bonds. The van der Waals surface area contributed by atoms with Gasteiger partial charge in [-0.2, -0.15) is 0 Å². The molecule has 2 fully saturated rings. The second-order valence-electron chi connectivity index (χ2n) is 5.90. The number of benzene rings is 1. The average Bonchev–Trinajstić information content (AvgIpc) is 3.32. The molecule has 1 N–H and O–H groups in total. The standard InChI is InChI=1S/C16H18N2O/c19-16(18(13-7-8-13)10-11-5-6-11)15-9-12-3-1-2-4-14(12)17-15/h1-4,9,11,13,17H,5-8,10H2. The van der Waals surface area contributed by atoms with Crippen molar-refractivity contribution in [1.29, 1.82) is 0 Å². The Morgan fingerprint density at radius 2 is 2.00 bits per heavy atom. The Morgan fingerprint density at radius 3 is 2.68 bits per heavy atom.